The summed E-state index contributed by atoms with van der Waals surface area (Å²) in [5.41, 5.74) is 4.77. The van der Waals surface area contributed by atoms with Crippen LogP contribution in [0.15, 0.2) is 46.3 Å². The molecule has 2 amide bonds. The maximum Gasteiger partial charge on any atom is 0.346 e. The van der Waals surface area contributed by atoms with Gasteiger partial charge in [-0.2, -0.15) is 9.78 Å². The number of thioether (sulfide) groups is 1. The van der Waals surface area contributed by atoms with Crippen molar-refractivity contribution >= 4 is 45.4 Å². The molecule has 1 aromatic heterocycles. The van der Waals surface area contributed by atoms with E-state index in [9.17, 15) is 32.4 Å². The second kappa shape index (κ2) is 13.7. The first-order valence-electron chi connectivity index (χ1n) is 11.1. The molecule has 0 saturated carbocycles. The van der Waals surface area contributed by atoms with E-state index >= 15 is 0 Å². The number of amides is 2. The van der Waals surface area contributed by atoms with Crippen LogP contribution in [0, 0.1) is 0 Å². The van der Waals surface area contributed by atoms with Crippen molar-refractivity contribution in [3.05, 3.63) is 47.1 Å². The molecule has 208 valence electrons. The second-order valence-corrected chi connectivity index (χ2v) is 11.3. The third-order valence-corrected chi connectivity index (χ3v) is 8.34. The van der Waals surface area contributed by atoms with E-state index in [4.69, 9.17) is 15.9 Å². The zero-order valence-electron chi connectivity index (χ0n) is 20.2. The number of aryl methyl sites for hydroxylation is 1. The fourth-order valence-corrected chi connectivity index (χ4v) is 6.18. The number of benzene rings is 1. The number of carboxylic acids is 2. The Labute approximate surface area is 221 Å². The third-order valence-electron chi connectivity index (χ3n) is 5.10. The van der Waals surface area contributed by atoms with Crippen molar-refractivity contribution in [3.8, 4) is 0 Å². The fraction of sp³-hybridized carbons (Fsp3) is 0.429. The van der Waals surface area contributed by atoms with Crippen molar-refractivity contribution in [1.29, 1.82) is 0 Å². The summed E-state index contributed by atoms with van der Waals surface area (Å²) in [4.78, 5) is 59.3. The second-order valence-electron chi connectivity index (χ2n) is 8.07. The van der Waals surface area contributed by atoms with E-state index in [1.807, 2.05) is 0 Å². The van der Waals surface area contributed by atoms with E-state index < -0.39 is 69.0 Å². The van der Waals surface area contributed by atoms with Gasteiger partial charge in [0.1, 0.15) is 30.3 Å². The normalized spacial score (nSPS) is 13.7. The van der Waals surface area contributed by atoms with Gasteiger partial charge in [0.25, 0.3) is 0 Å². The molecule has 6 N–H and O–H groups in total. The van der Waals surface area contributed by atoms with Crippen LogP contribution in [0.2, 0.25) is 0 Å². The number of sulfone groups is 1. The highest BCUT2D eigenvalue weighted by atomic mass is 32.2. The average molecular weight is 573 g/mol. The van der Waals surface area contributed by atoms with Crippen LogP contribution in [-0.2, 0) is 36.1 Å². The number of aromatic nitrogens is 3. The zero-order chi connectivity index (χ0) is 28.5. The predicted octanol–water partition coefficient (Wildman–Crippen LogP) is -1.83. The van der Waals surface area contributed by atoms with Crippen molar-refractivity contribution in [1.82, 2.24) is 25.0 Å². The molecule has 17 heteroatoms. The molecule has 0 aliphatic heterocycles. The van der Waals surface area contributed by atoms with E-state index in [-0.39, 0.29) is 23.5 Å². The van der Waals surface area contributed by atoms with Crippen molar-refractivity contribution < 1.29 is 37.8 Å². The Morgan fingerprint density at radius 3 is 2.37 bits per heavy atom. The van der Waals surface area contributed by atoms with Gasteiger partial charge in [-0.1, -0.05) is 18.2 Å². The van der Waals surface area contributed by atoms with Crippen molar-refractivity contribution in [2.24, 2.45) is 12.8 Å². The van der Waals surface area contributed by atoms with Crippen LogP contribution >= 0.6 is 11.8 Å². The van der Waals surface area contributed by atoms with E-state index in [1.165, 1.54) is 37.6 Å². The number of nitrogens with one attached hydrogen (secondary N) is 2. The Bertz CT molecular complexity index is 1310. The first-order chi connectivity index (χ1) is 17.8. The molecule has 3 unspecified atom stereocenters. The van der Waals surface area contributed by atoms with Crippen molar-refractivity contribution in [3.63, 3.8) is 0 Å². The minimum absolute atomic E-state index is 0.00778. The van der Waals surface area contributed by atoms with Gasteiger partial charge >= 0.3 is 17.6 Å². The van der Waals surface area contributed by atoms with Gasteiger partial charge in [-0.3, -0.25) is 23.7 Å². The molecule has 0 fully saturated rings. The molecular weight excluding hydrogens is 544 g/mol. The molecule has 2 rings (SSSR count). The Kier molecular flexibility index (Phi) is 11.0. The van der Waals surface area contributed by atoms with E-state index in [0.717, 1.165) is 21.0 Å². The van der Waals surface area contributed by atoms with Gasteiger partial charge in [-0.15, -0.1) is 11.8 Å². The molecule has 38 heavy (non-hydrogen) atoms. The maximum atomic E-state index is 13.0. The lowest BCUT2D eigenvalue weighted by atomic mass is 10.1. The van der Waals surface area contributed by atoms with Gasteiger partial charge in [0.15, 0.2) is 9.84 Å². The number of rotatable bonds is 15. The lowest BCUT2D eigenvalue weighted by Gasteiger charge is -2.22. The highest BCUT2D eigenvalue weighted by molar-refractivity contribution is 8.00. The molecule has 0 spiro atoms. The van der Waals surface area contributed by atoms with E-state index in [1.54, 1.807) is 6.07 Å². The lowest BCUT2D eigenvalue weighted by molar-refractivity contribution is -0.139. The van der Waals surface area contributed by atoms with Crippen molar-refractivity contribution in [2.45, 2.75) is 35.2 Å². The van der Waals surface area contributed by atoms with Gasteiger partial charge in [0.2, 0.25) is 11.8 Å². The lowest BCUT2D eigenvalue weighted by Crippen LogP contribution is -2.49. The number of carbonyl (C=O) groups is 4. The SMILES string of the molecule is Cn1cnn(C(CS(=O)(=O)c2ccccc2)SCC(NC(=O)CCC(N)C(=O)O)C(=O)NCC(=O)O)c1=O. The van der Waals surface area contributed by atoms with Crippen LogP contribution in [0.3, 0.4) is 0 Å². The zero-order valence-corrected chi connectivity index (χ0v) is 21.9. The monoisotopic (exact) mass is 572 g/mol. The smallest absolute Gasteiger partial charge is 0.346 e. The molecule has 3 atom stereocenters. The summed E-state index contributed by atoms with van der Waals surface area (Å²) in [5.74, 6) is -5.12. The number of carboxylic acid groups (broad SMARTS) is 2. The molecular formula is C21H28N6O9S2. The van der Waals surface area contributed by atoms with Crippen LogP contribution in [0.1, 0.15) is 18.2 Å². The summed E-state index contributed by atoms with van der Waals surface area (Å²) >= 11 is 0.832. The minimum Gasteiger partial charge on any atom is -0.480 e. The Balaban J connectivity index is 2.26. The molecule has 0 aliphatic rings. The quantitative estimate of drug-likeness (QED) is 0.158. The number of hydrogen-bond acceptors (Lipinski definition) is 10. The summed E-state index contributed by atoms with van der Waals surface area (Å²) in [6, 6.07) is 4.84. The molecule has 2 aromatic rings. The Morgan fingerprint density at radius 2 is 1.82 bits per heavy atom. The van der Waals surface area contributed by atoms with Crippen LogP contribution in [0.5, 0.6) is 0 Å². The van der Waals surface area contributed by atoms with Crippen LogP contribution < -0.4 is 22.1 Å². The van der Waals surface area contributed by atoms with Gasteiger partial charge in [0, 0.05) is 19.2 Å². The van der Waals surface area contributed by atoms with Crippen LogP contribution in [0.25, 0.3) is 0 Å². The van der Waals surface area contributed by atoms with Crippen LogP contribution in [0.4, 0.5) is 0 Å². The molecule has 0 aliphatic carbocycles. The molecule has 1 aromatic carbocycles. The molecule has 0 radical (unpaired) electrons. The molecule has 0 saturated heterocycles. The first kappa shape index (κ1) is 30.5. The number of nitrogens with two attached hydrogens (primary N) is 1. The topological polar surface area (TPSA) is 233 Å². The van der Waals surface area contributed by atoms with Crippen molar-refractivity contribution in [2.75, 3.05) is 18.1 Å². The number of nitrogens with zero attached hydrogens (tertiary/aromatic N) is 3. The summed E-state index contributed by atoms with van der Waals surface area (Å²) in [7, 11) is -2.50. The number of carbonyl (C=O) groups excluding carboxylic acids is 2. The number of aliphatic carboxylic acids is 2. The minimum atomic E-state index is -3.92. The molecule has 1 heterocycles. The van der Waals surface area contributed by atoms with Crippen LogP contribution in [-0.4, -0.2) is 86.9 Å². The average Bonchev–Trinajstić information content (AvgIpc) is 3.20. The third kappa shape index (κ3) is 9.00. The maximum absolute atomic E-state index is 13.0. The van der Waals surface area contributed by atoms with Gasteiger partial charge < -0.3 is 26.6 Å². The van der Waals surface area contributed by atoms with E-state index in [0.29, 0.717) is 0 Å². The number of hydrogen-bond donors (Lipinski definition) is 5. The standard InChI is InChI=1S/C21H28N6O9S2/c1-26-12-24-27(21(26)34)17(11-38(35,36)13-5-3-2-4-6-13)37-10-15(19(31)23-9-18(29)30)25-16(28)8-7-14(22)20(32)33/h2-6,12,14-15,17H,7-11,22H2,1H3,(H,23,31)(H,25,28)(H,29,30)(H,32,33). The summed E-state index contributed by atoms with van der Waals surface area (Å²) in [5, 5.41) is 25.1. The highest BCUT2D eigenvalue weighted by Gasteiger charge is 2.29. The van der Waals surface area contributed by atoms with Gasteiger partial charge in [-0.05, 0) is 18.6 Å². The summed E-state index contributed by atoms with van der Waals surface area (Å²) < 4.78 is 28.1. The Morgan fingerprint density at radius 1 is 1.16 bits per heavy atom. The predicted molar refractivity (Wildman–Crippen MR) is 135 cm³/mol. The first-order valence-corrected chi connectivity index (χ1v) is 13.8. The molecule has 0 bridgehead atoms. The van der Waals surface area contributed by atoms with Gasteiger partial charge in [0.05, 0.1) is 10.6 Å². The van der Waals surface area contributed by atoms with Gasteiger partial charge in [-0.25, -0.2) is 13.2 Å². The Hall–Kier alpha value is -3.70. The largest absolute Gasteiger partial charge is 0.480 e. The fourth-order valence-electron chi connectivity index (χ4n) is 3.04. The van der Waals surface area contributed by atoms with E-state index in [2.05, 4.69) is 15.7 Å². The summed E-state index contributed by atoms with van der Waals surface area (Å²) in [6.07, 6.45) is 0.626. The highest BCUT2D eigenvalue weighted by Crippen LogP contribution is 2.26. The summed E-state index contributed by atoms with van der Waals surface area (Å²) in [6.45, 7) is -0.745. The molecule has 15 nitrogen and oxygen atoms in total.